The van der Waals surface area contributed by atoms with E-state index in [1.165, 1.54) is 31.5 Å². The van der Waals surface area contributed by atoms with Crippen LogP contribution in [0.4, 0.5) is 5.82 Å². The van der Waals surface area contributed by atoms with Crippen molar-refractivity contribution in [1.82, 2.24) is 9.88 Å². The van der Waals surface area contributed by atoms with Crippen LogP contribution in [0.15, 0.2) is 12.1 Å². The average Bonchev–Trinajstić information content (AvgIpc) is 2.46. The number of nitrogens with two attached hydrogens (primary N) is 1. The van der Waals surface area contributed by atoms with Crippen LogP contribution in [0.2, 0.25) is 0 Å². The quantitative estimate of drug-likeness (QED) is 0.915. The summed E-state index contributed by atoms with van der Waals surface area (Å²) < 4.78 is 0. The highest BCUT2D eigenvalue weighted by Crippen LogP contribution is 2.24. The molecule has 0 atom stereocenters. The molecule has 1 fully saturated rings. The van der Waals surface area contributed by atoms with E-state index in [0.29, 0.717) is 18.5 Å². The van der Waals surface area contributed by atoms with Gasteiger partial charge in [-0.1, -0.05) is 13.8 Å². The second-order valence-corrected chi connectivity index (χ2v) is 6.26. The monoisotopic (exact) mass is 276 g/mol. The van der Waals surface area contributed by atoms with Crippen LogP contribution >= 0.6 is 0 Å². The van der Waals surface area contributed by atoms with Crippen molar-refractivity contribution in [2.45, 2.75) is 45.2 Å². The topological polar surface area (TPSA) is 45.4 Å². The average molecular weight is 276 g/mol. The van der Waals surface area contributed by atoms with Crippen LogP contribution in [-0.4, -0.2) is 43.1 Å². The summed E-state index contributed by atoms with van der Waals surface area (Å²) in [5, 5.41) is 0. The normalized spacial score (nSPS) is 17.7. The van der Waals surface area contributed by atoms with Crippen molar-refractivity contribution in [3.05, 3.63) is 23.4 Å². The summed E-state index contributed by atoms with van der Waals surface area (Å²) in [7, 11) is 4.36. The lowest BCUT2D eigenvalue weighted by Crippen LogP contribution is -2.42. The zero-order valence-electron chi connectivity index (χ0n) is 13.3. The first-order chi connectivity index (χ1) is 9.51. The molecule has 0 aliphatic carbocycles. The van der Waals surface area contributed by atoms with Crippen molar-refractivity contribution in [2.75, 3.05) is 32.1 Å². The predicted octanol–water partition coefficient (Wildman–Crippen LogP) is 2.19. The van der Waals surface area contributed by atoms with Crippen molar-refractivity contribution in [3.8, 4) is 0 Å². The van der Waals surface area contributed by atoms with E-state index in [9.17, 15) is 0 Å². The Bertz CT molecular complexity index is 436. The van der Waals surface area contributed by atoms with Crippen LogP contribution in [0.5, 0.6) is 0 Å². The standard InChI is InChI=1S/C16H28N4/c1-12(2)15-9-13(11-17)10-16(18-15)20(4)14-5-7-19(3)8-6-14/h9-10,12,14H,5-8,11,17H2,1-4H3. The molecule has 1 aliphatic heterocycles. The van der Waals surface area contributed by atoms with E-state index in [2.05, 4.69) is 49.9 Å². The summed E-state index contributed by atoms with van der Waals surface area (Å²) in [6.07, 6.45) is 2.41. The van der Waals surface area contributed by atoms with Crippen molar-refractivity contribution < 1.29 is 0 Å². The van der Waals surface area contributed by atoms with Crippen LogP contribution in [0.3, 0.4) is 0 Å². The highest BCUT2D eigenvalue weighted by atomic mass is 15.2. The lowest BCUT2D eigenvalue weighted by atomic mass is 10.0. The third-order valence-electron chi connectivity index (χ3n) is 4.32. The fraction of sp³-hybridized carbons (Fsp3) is 0.688. The summed E-state index contributed by atoms with van der Waals surface area (Å²) in [4.78, 5) is 9.57. The highest BCUT2D eigenvalue weighted by molar-refractivity contribution is 5.43. The van der Waals surface area contributed by atoms with Crippen LogP contribution in [0, 0.1) is 0 Å². The van der Waals surface area contributed by atoms with Crippen molar-refractivity contribution in [2.24, 2.45) is 5.73 Å². The fourth-order valence-corrected chi connectivity index (χ4v) is 2.76. The molecule has 4 nitrogen and oxygen atoms in total. The molecule has 2 N–H and O–H groups in total. The molecular formula is C16H28N4. The number of rotatable bonds is 4. The van der Waals surface area contributed by atoms with E-state index < -0.39 is 0 Å². The highest BCUT2D eigenvalue weighted by Gasteiger charge is 2.22. The second kappa shape index (κ2) is 6.55. The van der Waals surface area contributed by atoms with Crippen LogP contribution in [0.1, 0.15) is 43.9 Å². The Labute approximate surface area is 123 Å². The number of anilines is 1. The Morgan fingerprint density at radius 1 is 1.35 bits per heavy atom. The van der Waals surface area contributed by atoms with Gasteiger partial charge in [0, 0.05) is 25.3 Å². The molecule has 0 spiro atoms. The molecule has 1 saturated heterocycles. The molecule has 1 aromatic rings. The lowest BCUT2D eigenvalue weighted by Gasteiger charge is -2.36. The zero-order chi connectivity index (χ0) is 14.7. The molecule has 0 saturated carbocycles. The van der Waals surface area contributed by atoms with E-state index in [4.69, 9.17) is 10.7 Å². The smallest absolute Gasteiger partial charge is 0.129 e. The largest absolute Gasteiger partial charge is 0.357 e. The van der Waals surface area contributed by atoms with Crippen molar-refractivity contribution in [1.29, 1.82) is 0 Å². The molecule has 20 heavy (non-hydrogen) atoms. The minimum absolute atomic E-state index is 0.436. The molecule has 2 heterocycles. The van der Waals surface area contributed by atoms with Crippen molar-refractivity contribution >= 4 is 5.82 Å². The minimum Gasteiger partial charge on any atom is -0.357 e. The Hall–Kier alpha value is -1.13. The summed E-state index contributed by atoms with van der Waals surface area (Å²) in [6.45, 7) is 7.28. The van der Waals surface area contributed by atoms with Gasteiger partial charge in [-0.3, -0.25) is 0 Å². The van der Waals surface area contributed by atoms with Gasteiger partial charge in [0.2, 0.25) is 0 Å². The van der Waals surface area contributed by atoms with Gasteiger partial charge >= 0.3 is 0 Å². The molecule has 0 radical (unpaired) electrons. The zero-order valence-corrected chi connectivity index (χ0v) is 13.3. The third kappa shape index (κ3) is 3.49. The number of nitrogens with zero attached hydrogens (tertiary/aromatic N) is 3. The second-order valence-electron chi connectivity index (χ2n) is 6.26. The Morgan fingerprint density at radius 3 is 2.55 bits per heavy atom. The molecule has 1 aliphatic rings. The SMILES string of the molecule is CC(C)c1cc(CN)cc(N(C)C2CCN(C)CC2)n1. The molecule has 1 aromatic heterocycles. The first kappa shape index (κ1) is 15.3. The Kier molecular flexibility index (Phi) is 5.00. The molecule has 0 unspecified atom stereocenters. The number of likely N-dealkylation sites (tertiary alicyclic amines) is 1. The summed E-state index contributed by atoms with van der Waals surface area (Å²) >= 11 is 0. The fourth-order valence-electron chi connectivity index (χ4n) is 2.76. The minimum atomic E-state index is 0.436. The van der Waals surface area contributed by atoms with E-state index >= 15 is 0 Å². The van der Waals surface area contributed by atoms with Gasteiger partial charge in [-0.15, -0.1) is 0 Å². The molecular weight excluding hydrogens is 248 g/mol. The van der Waals surface area contributed by atoms with Gasteiger partial charge in [0.05, 0.1) is 0 Å². The molecule has 0 amide bonds. The summed E-state index contributed by atoms with van der Waals surface area (Å²) in [6, 6.07) is 4.87. The van der Waals surface area contributed by atoms with Gasteiger partial charge in [0.1, 0.15) is 5.82 Å². The maximum absolute atomic E-state index is 5.83. The molecule has 2 rings (SSSR count). The first-order valence-electron chi connectivity index (χ1n) is 7.63. The lowest BCUT2D eigenvalue weighted by molar-refractivity contribution is 0.252. The Morgan fingerprint density at radius 2 is 2.00 bits per heavy atom. The molecule has 4 heteroatoms. The van der Waals surface area contributed by atoms with Crippen LogP contribution in [0.25, 0.3) is 0 Å². The number of pyridine rings is 1. The number of hydrogen-bond donors (Lipinski definition) is 1. The van der Waals surface area contributed by atoms with E-state index in [1.807, 2.05) is 0 Å². The van der Waals surface area contributed by atoms with Crippen molar-refractivity contribution in [3.63, 3.8) is 0 Å². The van der Waals surface area contributed by atoms with E-state index in [1.54, 1.807) is 0 Å². The molecule has 112 valence electrons. The van der Waals surface area contributed by atoms with Gasteiger partial charge in [-0.25, -0.2) is 4.98 Å². The molecule has 0 bridgehead atoms. The summed E-state index contributed by atoms with van der Waals surface area (Å²) in [5.74, 6) is 1.51. The van der Waals surface area contributed by atoms with Gasteiger partial charge in [0.25, 0.3) is 0 Å². The third-order valence-corrected chi connectivity index (χ3v) is 4.32. The van der Waals surface area contributed by atoms with E-state index in [-0.39, 0.29) is 0 Å². The number of piperidine rings is 1. The summed E-state index contributed by atoms with van der Waals surface area (Å²) in [5.41, 5.74) is 8.15. The van der Waals surface area contributed by atoms with Crippen LogP contribution in [-0.2, 0) is 6.54 Å². The van der Waals surface area contributed by atoms with Gasteiger partial charge in [-0.05, 0) is 56.6 Å². The van der Waals surface area contributed by atoms with Gasteiger partial charge < -0.3 is 15.5 Å². The van der Waals surface area contributed by atoms with Gasteiger partial charge in [0.15, 0.2) is 0 Å². The van der Waals surface area contributed by atoms with E-state index in [0.717, 1.165) is 11.5 Å². The first-order valence-corrected chi connectivity index (χ1v) is 7.63. The maximum Gasteiger partial charge on any atom is 0.129 e. The molecule has 0 aromatic carbocycles. The maximum atomic E-state index is 5.83. The predicted molar refractivity (Wildman–Crippen MR) is 85.1 cm³/mol. The van der Waals surface area contributed by atoms with Gasteiger partial charge in [-0.2, -0.15) is 0 Å². The number of hydrogen-bond acceptors (Lipinski definition) is 4. The number of aromatic nitrogens is 1. The van der Waals surface area contributed by atoms with Crippen LogP contribution < -0.4 is 10.6 Å². The Balaban J connectivity index is 2.20.